The molecule has 0 saturated heterocycles. The van der Waals surface area contributed by atoms with Gasteiger partial charge in [-0.05, 0) is 44.5 Å². The first-order valence-electron chi connectivity index (χ1n) is 5.77. The van der Waals surface area contributed by atoms with Gasteiger partial charge in [-0.25, -0.2) is 17.5 Å². The van der Waals surface area contributed by atoms with E-state index in [1.807, 2.05) is 0 Å². The van der Waals surface area contributed by atoms with Crippen LogP contribution in [0.4, 0.5) is 4.39 Å². The van der Waals surface area contributed by atoms with Crippen molar-refractivity contribution in [3.05, 3.63) is 29.6 Å². The van der Waals surface area contributed by atoms with Crippen LogP contribution in [0.2, 0.25) is 0 Å². The van der Waals surface area contributed by atoms with Crippen LogP contribution in [0, 0.1) is 12.7 Å². The molecule has 0 aromatic heterocycles. The number of nitrogens with one attached hydrogen (secondary N) is 2. The summed E-state index contributed by atoms with van der Waals surface area (Å²) >= 11 is 0. The van der Waals surface area contributed by atoms with E-state index in [0.717, 1.165) is 12.1 Å². The molecule has 0 unspecified atom stereocenters. The molecule has 1 rings (SSSR count). The molecule has 0 aliphatic heterocycles. The van der Waals surface area contributed by atoms with E-state index in [4.69, 9.17) is 0 Å². The molecule has 0 spiro atoms. The lowest BCUT2D eigenvalue weighted by molar-refractivity contribution is -0.120. The normalized spacial score (nSPS) is 11.6. The summed E-state index contributed by atoms with van der Waals surface area (Å²) in [5.74, 6) is -0.924. The third kappa shape index (κ3) is 4.60. The molecular weight excluding hydrogens is 271 g/mol. The average Bonchev–Trinajstić information content (AvgIpc) is 2.25. The van der Waals surface area contributed by atoms with Gasteiger partial charge in [-0.2, -0.15) is 0 Å². The van der Waals surface area contributed by atoms with E-state index < -0.39 is 21.7 Å². The molecule has 5 nitrogen and oxygen atoms in total. The van der Waals surface area contributed by atoms with Gasteiger partial charge in [0.15, 0.2) is 0 Å². The Morgan fingerprint density at radius 3 is 2.53 bits per heavy atom. The zero-order valence-corrected chi connectivity index (χ0v) is 11.8. The second-order valence-corrected chi connectivity index (χ2v) is 6.19. The van der Waals surface area contributed by atoms with E-state index in [-0.39, 0.29) is 23.0 Å². The van der Waals surface area contributed by atoms with Gasteiger partial charge in [-0.3, -0.25) is 4.79 Å². The number of hydrogen-bond acceptors (Lipinski definition) is 3. The van der Waals surface area contributed by atoms with E-state index in [9.17, 15) is 17.6 Å². The van der Waals surface area contributed by atoms with Crippen molar-refractivity contribution in [1.82, 2.24) is 10.0 Å². The van der Waals surface area contributed by atoms with Crippen molar-refractivity contribution in [2.45, 2.75) is 31.7 Å². The van der Waals surface area contributed by atoms with E-state index in [0.29, 0.717) is 0 Å². The van der Waals surface area contributed by atoms with Crippen molar-refractivity contribution in [3.8, 4) is 0 Å². The molecule has 0 radical (unpaired) electrons. The van der Waals surface area contributed by atoms with E-state index in [2.05, 4.69) is 10.0 Å². The molecule has 106 valence electrons. The second-order valence-electron chi connectivity index (χ2n) is 4.46. The summed E-state index contributed by atoms with van der Waals surface area (Å²) in [5, 5.41) is 2.56. The predicted octanol–water partition coefficient (Wildman–Crippen LogP) is 0.937. The van der Waals surface area contributed by atoms with Gasteiger partial charge >= 0.3 is 0 Å². The van der Waals surface area contributed by atoms with Crippen LogP contribution < -0.4 is 10.0 Å². The highest BCUT2D eigenvalue weighted by Gasteiger charge is 2.18. The van der Waals surface area contributed by atoms with Crippen LogP contribution in [0.3, 0.4) is 0 Å². The van der Waals surface area contributed by atoms with Crippen molar-refractivity contribution in [1.29, 1.82) is 0 Å². The number of hydrogen-bond donors (Lipinski definition) is 2. The Labute approximate surface area is 112 Å². The molecule has 1 aromatic rings. The van der Waals surface area contributed by atoms with Crippen molar-refractivity contribution in [2.75, 3.05) is 6.54 Å². The summed E-state index contributed by atoms with van der Waals surface area (Å²) in [4.78, 5) is 11.3. The highest BCUT2D eigenvalue weighted by Crippen LogP contribution is 2.15. The van der Waals surface area contributed by atoms with Crippen molar-refractivity contribution in [2.24, 2.45) is 0 Å². The molecule has 19 heavy (non-hydrogen) atoms. The topological polar surface area (TPSA) is 75.3 Å². The quantitative estimate of drug-likeness (QED) is 0.846. The number of sulfonamides is 1. The van der Waals surface area contributed by atoms with Gasteiger partial charge in [-0.1, -0.05) is 0 Å². The van der Waals surface area contributed by atoms with Crippen LogP contribution in [0.5, 0.6) is 0 Å². The molecule has 0 heterocycles. The van der Waals surface area contributed by atoms with Crippen LogP contribution in [0.25, 0.3) is 0 Å². The second kappa shape index (κ2) is 6.12. The maximum Gasteiger partial charge on any atom is 0.241 e. The van der Waals surface area contributed by atoms with Crippen LogP contribution in [-0.2, 0) is 14.8 Å². The molecule has 1 aromatic carbocycles. The molecule has 2 N–H and O–H groups in total. The van der Waals surface area contributed by atoms with Crippen LogP contribution in [0.15, 0.2) is 23.1 Å². The third-order valence-corrected chi connectivity index (χ3v) is 3.86. The van der Waals surface area contributed by atoms with Gasteiger partial charge in [-0.15, -0.1) is 0 Å². The Hall–Kier alpha value is -1.47. The van der Waals surface area contributed by atoms with Gasteiger partial charge in [0, 0.05) is 6.04 Å². The molecule has 0 bridgehead atoms. The number of carbonyl (C=O) groups is 1. The summed E-state index contributed by atoms with van der Waals surface area (Å²) in [5.41, 5.74) is 0.289. The van der Waals surface area contributed by atoms with Gasteiger partial charge in [0.2, 0.25) is 15.9 Å². The van der Waals surface area contributed by atoms with Gasteiger partial charge < -0.3 is 5.32 Å². The minimum Gasteiger partial charge on any atom is -0.353 e. The Bertz CT molecular complexity index is 570. The number of aryl methyl sites for hydroxylation is 1. The first-order chi connectivity index (χ1) is 8.72. The molecule has 7 heteroatoms. The number of carbonyl (C=O) groups excluding carboxylic acids is 1. The molecule has 0 aliphatic rings. The van der Waals surface area contributed by atoms with Crippen LogP contribution in [-0.4, -0.2) is 26.9 Å². The Kier molecular flexibility index (Phi) is 5.02. The third-order valence-electron chi connectivity index (χ3n) is 2.30. The van der Waals surface area contributed by atoms with Crippen LogP contribution >= 0.6 is 0 Å². The summed E-state index contributed by atoms with van der Waals surface area (Å²) in [6.07, 6.45) is 0. The summed E-state index contributed by atoms with van der Waals surface area (Å²) in [6.45, 7) is 4.69. The maximum atomic E-state index is 12.9. The van der Waals surface area contributed by atoms with E-state index in [1.54, 1.807) is 13.8 Å². The lowest BCUT2D eigenvalue weighted by atomic mass is 10.2. The van der Waals surface area contributed by atoms with Crippen molar-refractivity contribution in [3.63, 3.8) is 0 Å². The SMILES string of the molecule is Cc1cc(F)ccc1S(=O)(=O)NCC(=O)NC(C)C. The summed E-state index contributed by atoms with van der Waals surface area (Å²) in [7, 11) is -3.82. The molecule has 0 atom stereocenters. The molecular formula is C12H17FN2O3S. The lowest BCUT2D eigenvalue weighted by Crippen LogP contribution is -2.39. The zero-order valence-electron chi connectivity index (χ0n) is 11.0. The fourth-order valence-corrected chi connectivity index (χ4v) is 2.73. The number of benzene rings is 1. The fourth-order valence-electron chi connectivity index (χ4n) is 1.53. The standard InChI is InChI=1S/C12H17FN2O3S/c1-8(2)15-12(16)7-14-19(17,18)11-5-4-10(13)6-9(11)3/h4-6,8,14H,7H2,1-3H3,(H,15,16). The zero-order chi connectivity index (χ0) is 14.6. The molecule has 1 amide bonds. The van der Waals surface area contributed by atoms with Crippen LogP contribution in [0.1, 0.15) is 19.4 Å². The Morgan fingerprint density at radius 1 is 1.37 bits per heavy atom. The first kappa shape index (κ1) is 15.6. The minimum absolute atomic E-state index is 0.0359. The number of halogens is 1. The largest absolute Gasteiger partial charge is 0.353 e. The number of amides is 1. The van der Waals surface area contributed by atoms with E-state index >= 15 is 0 Å². The predicted molar refractivity (Wildman–Crippen MR) is 69.6 cm³/mol. The monoisotopic (exact) mass is 288 g/mol. The van der Waals surface area contributed by atoms with Crippen molar-refractivity contribution < 1.29 is 17.6 Å². The minimum atomic E-state index is -3.82. The van der Waals surface area contributed by atoms with Gasteiger partial charge in [0.05, 0.1) is 11.4 Å². The maximum absolute atomic E-state index is 12.9. The lowest BCUT2D eigenvalue weighted by Gasteiger charge is -2.11. The Balaban J connectivity index is 2.79. The summed E-state index contributed by atoms with van der Waals surface area (Å²) in [6, 6.07) is 3.30. The molecule has 0 saturated carbocycles. The summed E-state index contributed by atoms with van der Waals surface area (Å²) < 4.78 is 39.0. The smallest absolute Gasteiger partial charge is 0.241 e. The number of rotatable bonds is 5. The fraction of sp³-hybridized carbons (Fsp3) is 0.417. The highest BCUT2D eigenvalue weighted by atomic mass is 32.2. The highest BCUT2D eigenvalue weighted by molar-refractivity contribution is 7.89. The first-order valence-corrected chi connectivity index (χ1v) is 7.26. The van der Waals surface area contributed by atoms with Crippen molar-refractivity contribution >= 4 is 15.9 Å². The average molecular weight is 288 g/mol. The Morgan fingerprint density at radius 2 is 2.00 bits per heavy atom. The van der Waals surface area contributed by atoms with Gasteiger partial charge in [0.1, 0.15) is 5.82 Å². The van der Waals surface area contributed by atoms with E-state index in [1.165, 1.54) is 13.0 Å². The molecule has 0 fully saturated rings. The van der Waals surface area contributed by atoms with Gasteiger partial charge in [0.25, 0.3) is 0 Å². The molecule has 0 aliphatic carbocycles.